The molecule has 0 aliphatic carbocycles. The average Bonchev–Trinajstić information content (AvgIpc) is 1.96. The summed E-state index contributed by atoms with van der Waals surface area (Å²) < 4.78 is 29.6. The maximum Gasteiger partial charge on any atom is 0.409 e. The highest BCUT2D eigenvalue weighted by Crippen LogP contribution is 2.29. The Hall–Kier alpha value is -0.680. The van der Waals surface area contributed by atoms with Gasteiger partial charge in [0.15, 0.2) is 11.6 Å². The Labute approximate surface area is 85.6 Å². The van der Waals surface area contributed by atoms with Gasteiger partial charge in [0.2, 0.25) is 0 Å². The predicted molar refractivity (Wildman–Crippen MR) is 45.9 cm³/mol. The molecule has 13 heavy (non-hydrogen) atoms. The van der Waals surface area contributed by atoms with Gasteiger partial charge in [-0.1, -0.05) is 0 Å². The minimum absolute atomic E-state index is 0.0148. The monoisotopic (exact) mass is 270 g/mol. The molecule has 70 valence electrons. The van der Waals surface area contributed by atoms with Crippen LogP contribution in [0.15, 0.2) is 16.6 Å². The third kappa shape index (κ3) is 2.63. The molecule has 2 nitrogen and oxygen atoms in total. The first-order valence-corrected chi connectivity index (χ1v) is 4.19. The van der Waals surface area contributed by atoms with Crippen molar-refractivity contribution in [3.8, 4) is 5.75 Å². The molecule has 0 bridgehead atoms. The maximum absolute atomic E-state index is 12.9. The van der Waals surface area contributed by atoms with Gasteiger partial charge in [0, 0.05) is 17.7 Å². The summed E-state index contributed by atoms with van der Waals surface area (Å²) in [4.78, 5) is 10.3. The van der Waals surface area contributed by atoms with Gasteiger partial charge in [-0.2, -0.15) is 0 Å². The van der Waals surface area contributed by atoms with Gasteiger partial charge in [-0.15, -0.1) is 0 Å². The zero-order valence-electron chi connectivity index (χ0n) is 5.98. The van der Waals surface area contributed by atoms with Crippen LogP contribution in [0.5, 0.6) is 5.75 Å². The van der Waals surface area contributed by atoms with Gasteiger partial charge in [-0.05, 0) is 22.0 Å². The summed E-state index contributed by atoms with van der Waals surface area (Å²) in [7, 11) is 0. The number of hydrogen-bond acceptors (Lipinski definition) is 2. The van der Waals surface area contributed by atoms with Gasteiger partial charge >= 0.3 is 5.43 Å². The summed E-state index contributed by atoms with van der Waals surface area (Å²) in [6.45, 7) is 0. The van der Waals surface area contributed by atoms with Crippen molar-refractivity contribution in [2.45, 2.75) is 0 Å². The number of benzene rings is 1. The molecule has 0 N–H and O–H groups in total. The second-order valence-electron chi connectivity index (χ2n) is 2.04. The van der Waals surface area contributed by atoms with E-state index in [2.05, 4.69) is 20.7 Å². The van der Waals surface area contributed by atoms with E-state index in [0.717, 1.165) is 6.07 Å². The molecule has 0 atom stereocenters. The van der Waals surface area contributed by atoms with Gasteiger partial charge in [-0.25, -0.2) is 13.6 Å². The molecule has 0 aliphatic rings. The summed E-state index contributed by atoms with van der Waals surface area (Å²) in [5.74, 6) is -2.21. The molecule has 6 heteroatoms. The summed E-state index contributed by atoms with van der Waals surface area (Å²) in [5.41, 5.74) is -1.19. The van der Waals surface area contributed by atoms with E-state index in [0.29, 0.717) is 6.07 Å². The molecule has 0 saturated carbocycles. The Morgan fingerprint density at radius 1 is 1.46 bits per heavy atom. The lowest BCUT2D eigenvalue weighted by Crippen LogP contribution is -2.00. The Morgan fingerprint density at radius 3 is 2.54 bits per heavy atom. The van der Waals surface area contributed by atoms with Gasteiger partial charge in [0.1, 0.15) is 5.82 Å². The van der Waals surface area contributed by atoms with Crippen molar-refractivity contribution in [3.63, 3.8) is 0 Å². The molecule has 0 radical (unpaired) electrons. The van der Waals surface area contributed by atoms with E-state index in [-0.39, 0.29) is 4.47 Å². The molecule has 0 spiro atoms. The van der Waals surface area contributed by atoms with Crippen molar-refractivity contribution in [3.05, 3.63) is 28.2 Å². The second kappa shape index (κ2) is 4.02. The highest BCUT2D eigenvalue weighted by atomic mass is 79.9. The number of hydrogen-bond donors (Lipinski definition) is 0. The van der Waals surface area contributed by atoms with Crippen LogP contribution < -0.4 is 4.74 Å². The van der Waals surface area contributed by atoms with E-state index in [1.165, 1.54) is 0 Å². The average molecular weight is 271 g/mol. The van der Waals surface area contributed by atoms with Crippen molar-refractivity contribution in [2.75, 3.05) is 0 Å². The van der Waals surface area contributed by atoms with Gasteiger partial charge in [0.25, 0.3) is 0 Å². The normalized spacial score (nSPS) is 9.85. The van der Waals surface area contributed by atoms with E-state index >= 15 is 0 Å². The highest BCUT2D eigenvalue weighted by Gasteiger charge is 2.13. The Morgan fingerprint density at radius 2 is 2.08 bits per heavy atom. The molecule has 1 aromatic rings. The maximum atomic E-state index is 12.9. The van der Waals surface area contributed by atoms with Crippen molar-refractivity contribution in [1.82, 2.24) is 0 Å². The van der Waals surface area contributed by atoms with E-state index in [9.17, 15) is 13.6 Å². The summed E-state index contributed by atoms with van der Waals surface area (Å²) >= 11 is 7.66. The molecule has 0 heterocycles. The van der Waals surface area contributed by atoms with Crippen molar-refractivity contribution in [1.29, 1.82) is 0 Å². The molecule has 1 rings (SSSR count). The lowest BCUT2D eigenvalue weighted by Gasteiger charge is -2.03. The van der Waals surface area contributed by atoms with Gasteiger partial charge in [-0.3, -0.25) is 0 Å². The Kier molecular flexibility index (Phi) is 3.22. The fourth-order valence-corrected chi connectivity index (χ4v) is 1.27. The fourth-order valence-electron chi connectivity index (χ4n) is 0.707. The smallest absolute Gasteiger partial charge is 0.409 e. The number of halogens is 4. The van der Waals surface area contributed by atoms with Crippen LogP contribution in [0.3, 0.4) is 0 Å². The highest BCUT2D eigenvalue weighted by molar-refractivity contribution is 9.10. The molecule has 0 aliphatic heterocycles. The van der Waals surface area contributed by atoms with Crippen molar-refractivity contribution >= 4 is 33.0 Å². The van der Waals surface area contributed by atoms with Crippen LogP contribution in [0.4, 0.5) is 13.6 Å². The lowest BCUT2D eigenvalue weighted by molar-refractivity contribution is 0.223. The molecule has 0 fully saturated rings. The van der Waals surface area contributed by atoms with Crippen LogP contribution >= 0.6 is 27.5 Å². The van der Waals surface area contributed by atoms with Crippen molar-refractivity contribution < 1.29 is 18.3 Å². The minimum atomic E-state index is -1.19. The standard InChI is InChI=1S/C7H2BrClF2O2/c8-4-1-3(10)2-5(11)6(4)13-7(9)12/h1-2H. The van der Waals surface area contributed by atoms with Crippen LogP contribution in [-0.4, -0.2) is 5.43 Å². The second-order valence-corrected chi connectivity index (χ2v) is 3.20. The van der Waals surface area contributed by atoms with Gasteiger partial charge < -0.3 is 4.74 Å². The molecule has 0 aromatic heterocycles. The number of carbonyl (C=O) groups is 1. The Balaban J connectivity index is 3.13. The van der Waals surface area contributed by atoms with Crippen LogP contribution in [0.25, 0.3) is 0 Å². The van der Waals surface area contributed by atoms with Crippen LogP contribution in [0, 0.1) is 11.6 Å². The zero-order chi connectivity index (χ0) is 10.0. The SMILES string of the molecule is O=C(Cl)Oc1c(F)cc(F)cc1Br. The fraction of sp³-hybridized carbons (Fsp3) is 0. The minimum Gasteiger partial charge on any atom is -0.410 e. The van der Waals surface area contributed by atoms with E-state index in [4.69, 9.17) is 11.6 Å². The first-order valence-electron chi connectivity index (χ1n) is 3.02. The van der Waals surface area contributed by atoms with Crippen LogP contribution in [-0.2, 0) is 0 Å². The summed E-state index contributed by atoms with van der Waals surface area (Å²) in [5, 5.41) is 0. The summed E-state index contributed by atoms with van der Waals surface area (Å²) in [6, 6.07) is 1.54. The zero-order valence-corrected chi connectivity index (χ0v) is 8.32. The third-order valence-electron chi connectivity index (χ3n) is 1.15. The topological polar surface area (TPSA) is 26.3 Å². The molecule has 0 unspecified atom stereocenters. The molecule has 0 saturated heterocycles. The summed E-state index contributed by atoms with van der Waals surface area (Å²) in [6.07, 6.45) is 0. The molecule has 0 amide bonds. The van der Waals surface area contributed by atoms with Crippen LogP contribution in [0.2, 0.25) is 0 Å². The Bertz CT molecular complexity index is 333. The predicted octanol–water partition coefficient (Wildman–Crippen LogP) is 3.46. The molecular formula is C7H2BrClF2O2. The van der Waals surface area contributed by atoms with Crippen molar-refractivity contribution in [2.24, 2.45) is 0 Å². The van der Waals surface area contributed by atoms with Crippen LogP contribution in [0.1, 0.15) is 0 Å². The first kappa shape index (κ1) is 10.4. The van der Waals surface area contributed by atoms with Gasteiger partial charge in [0.05, 0.1) is 4.47 Å². The number of carbonyl (C=O) groups excluding carboxylic acids is 1. The molecular weight excluding hydrogens is 269 g/mol. The number of rotatable bonds is 1. The van der Waals surface area contributed by atoms with E-state index < -0.39 is 22.8 Å². The third-order valence-corrected chi connectivity index (χ3v) is 1.81. The lowest BCUT2D eigenvalue weighted by atomic mass is 10.3. The number of ether oxygens (including phenoxy) is 1. The largest absolute Gasteiger partial charge is 0.410 e. The molecule has 1 aromatic carbocycles. The van der Waals surface area contributed by atoms with E-state index in [1.54, 1.807) is 0 Å². The first-order chi connectivity index (χ1) is 6.00. The van der Waals surface area contributed by atoms with E-state index in [1.807, 2.05) is 0 Å². The quantitative estimate of drug-likeness (QED) is 0.731.